The van der Waals surface area contributed by atoms with Gasteiger partial charge in [0.05, 0.1) is 35.7 Å². The Morgan fingerprint density at radius 2 is 1.56 bits per heavy atom. The number of carbonyl (C=O) groups excluding carboxylic acids is 5. The molecule has 1 atom stereocenters. The molecule has 14 nitrogen and oxygen atoms in total. The third kappa shape index (κ3) is 10.6. The molecule has 0 spiro atoms. The van der Waals surface area contributed by atoms with Gasteiger partial charge in [0.25, 0.3) is 17.6 Å². The van der Waals surface area contributed by atoms with Gasteiger partial charge in [0.15, 0.2) is 0 Å². The zero-order chi connectivity index (χ0) is 48.6. The molecular weight excluding hydrogens is 881 g/mol. The van der Waals surface area contributed by atoms with Gasteiger partial charge in [-0.2, -0.15) is 5.41 Å². The minimum absolute atomic E-state index is 0.00693. The molecule has 70 heavy (non-hydrogen) atoms. The van der Waals surface area contributed by atoms with Crippen LogP contribution in [-0.2, 0) is 20.9 Å². The summed E-state index contributed by atoms with van der Waals surface area (Å²) in [5, 5.41) is 28.2. The molecule has 0 bridgehead atoms. The van der Waals surface area contributed by atoms with E-state index in [4.69, 9.17) is 4.99 Å². The molecular formula is C56H57N8O6+. The number of aliphatic hydroxyl groups is 1. The van der Waals surface area contributed by atoms with E-state index in [9.17, 15) is 34.5 Å². The second kappa shape index (κ2) is 21.7. The number of fused-ring (bicyclic) bond motifs is 2. The lowest BCUT2D eigenvalue weighted by Crippen LogP contribution is -2.54. The number of nitrogens with zero attached hydrogens (tertiary/aromatic N) is 4. The van der Waals surface area contributed by atoms with Crippen molar-refractivity contribution in [1.29, 1.82) is 5.41 Å². The lowest BCUT2D eigenvalue weighted by Gasteiger charge is -2.27. The van der Waals surface area contributed by atoms with Crippen LogP contribution in [0.1, 0.15) is 114 Å². The smallest absolute Gasteiger partial charge is 0.271 e. The Morgan fingerprint density at radius 1 is 0.814 bits per heavy atom. The molecule has 1 aliphatic carbocycles. The number of piperidine rings is 1. The third-order valence-electron chi connectivity index (χ3n) is 13.4. The fraction of sp³-hybridized carbons (Fsp3) is 0.321. The van der Waals surface area contributed by atoms with Crippen molar-refractivity contribution in [3.8, 4) is 34.2 Å². The minimum Gasteiger partial charge on any atom is -0.393 e. The van der Waals surface area contributed by atoms with Gasteiger partial charge in [0.1, 0.15) is 11.6 Å². The summed E-state index contributed by atoms with van der Waals surface area (Å²) in [7, 11) is 0. The molecule has 2 fully saturated rings. The molecule has 1 unspecified atom stereocenters. The number of aliphatic hydroxyl groups excluding tert-OH is 1. The number of nitrogens with one attached hydrogen (secondary N) is 4. The number of carbonyl (C=O) groups is 5. The summed E-state index contributed by atoms with van der Waals surface area (Å²) in [6.07, 6.45) is 11.2. The lowest BCUT2D eigenvalue weighted by atomic mass is 9.88. The summed E-state index contributed by atoms with van der Waals surface area (Å²) in [6.45, 7) is 1.66. The van der Waals surface area contributed by atoms with E-state index in [1.165, 1.54) is 0 Å². The number of amidine groups is 1. The predicted octanol–water partition coefficient (Wildman–Crippen LogP) is 7.83. The molecule has 4 aliphatic rings. The Labute approximate surface area is 407 Å². The maximum Gasteiger partial charge on any atom is 0.271 e. The first-order chi connectivity index (χ1) is 34.1. The molecule has 1 saturated heterocycles. The SMILES string of the molecule is N=C1c2c(-c3ccccc3)c(-c3ccccc3)n(Cc3cccc(C#CCCCCNC(=O)CCCCNc4ccc5c(c4)C(=O)N(C4CCC(=O)NC4=O)C5=O)c3)c2N=C[N+]1=CC1CCC(O)CC1. The molecule has 4 heterocycles. The number of imide groups is 2. The number of benzene rings is 4. The molecule has 9 rings (SSSR count). The van der Waals surface area contributed by atoms with Gasteiger partial charge in [-0.1, -0.05) is 89.6 Å². The molecule has 1 aromatic heterocycles. The average molecular weight is 938 g/mol. The zero-order valence-corrected chi connectivity index (χ0v) is 39.1. The van der Waals surface area contributed by atoms with Crippen LogP contribution >= 0.6 is 0 Å². The molecule has 356 valence electrons. The monoisotopic (exact) mass is 937 g/mol. The number of aromatic nitrogens is 1. The van der Waals surface area contributed by atoms with Gasteiger partial charge in [0, 0.05) is 55.1 Å². The second-order valence-electron chi connectivity index (χ2n) is 18.4. The molecule has 5 amide bonds. The molecule has 3 aliphatic heterocycles. The van der Waals surface area contributed by atoms with Gasteiger partial charge in [-0.05, 0) is 105 Å². The van der Waals surface area contributed by atoms with Crippen LogP contribution in [0, 0.1) is 23.2 Å². The van der Waals surface area contributed by atoms with E-state index in [1.807, 2.05) is 53.1 Å². The van der Waals surface area contributed by atoms with E-state index in [2.05, 4.69) is 75.0 Å². The van der Waals surface area contributed by atoms with Crippen molar-refractivity contribution in [2.24, 2.45) is 10.9 Å². The van der Waals surface area contributed by atoms with E-state index in [1.54, 1.807) is 24.5 Å². The van der Waals surface area contributed by atoms with Crippen LogP contribution in [0.5, 0.6) is 0 Å². The van der Waals surface area contributed by atoms with Crippen molar-refractivity contribution in [1.82, 2.24) is 20.1 Å². The Morgan fingerprint density at radius 3 is 2.33 bits per heavy atom. The molecule has 4 aromatic carbocycles. The van der Waals surface area contributed by atoms with E-state index in [0.717, 1.165) is 94.7 Å². The van der Waals surface area contributed by atoms with Crippen LogP contribution in [0.3, 0.4) is 0 Å². The first kappa shape index (κ1) is 47.3. The number of hydrogen-bond acceptors (Lipinski definition) is 9. The molecule has 1 saturated carbocycles. The Balaban J connectivity index is 0.762. The van der Waals surface area contributed by atoms with Crippen LogP contribution in [-0.4, -0.2) is 92.3 Å². The van der Waals surface area contributed by atoms with Crippen LogP contribution in [0.25, 0.3) is 22.4 Å². The number of amides is 5. The number of hydrogen-bond donors (Lipinski definition) is 5. The van der Waals surface area contributed by atoms with Crippen LogP contribution in [0.15, 0.2) is 108 Å². The summed E-state index contributed by atoms with van der Waals surface area (Å²) in [4.78, 5) is 68.6. The molecule has 5 N–H and O–H groups in total. The third-order valence-corrected chi connectivity index (χ3v) is 13.4. The highest BCUT2D eigenvalue weighted by Crippen LogP contribution is 2.45. The maximum absolute atomic E-state index is 13.1. The van der Waals surface area contributed by atoms with Gasteiger partial charge in [0.2, 0.25) is 29.9 Å². The summed E-state index contributed by atoms with van der Waals surface area (Å²) < 4.78 is 4.10. The van der Waals surface area contributed by atoms with Crippen molar-refractivity contribution in [2.75, 3.05) is 18.4 Å². The number of rotatable bonds is 16. The Hall–Kier alpha value is -7.76. The van der Waals surface area contributed by atoms with Crippen molar-refractivity contribution in [3.05, 3.63) is 131 Å². The highest BCUT2D eigenvalue weighted by molar-refractivity contribution is 6.23. The first-order valence-electron chi connectivity index (χ1n) is 24.4. The molecule has 0 radical (unpaired) electrons. The standard InChI is InChI=1S/C56H56N8O6/c57-52-50-49(40-17-6-3-7-18-40)51(41-19-8-4-9-20-41)63(53(50)60-36-62(52)34-38-22-25-43(65)26-23-38)35-39-16-13-15-37(32-39)14-5-1-2-11-31-59-47(66)21-10-12-30-58-42-24-27-44-45(33-42)56(70)64(55(44)69)46-28-29-48(67)61-54(46)68/h3-4,6-9,13,15-20,24,27,32-34,36,38,43,46,57,65H,1-2,10-12,21-23,25-26,28-31,35H2,(H2-,58,59,61,66,67,68,69)/p+1. The van der Waals surface area contributed by atoms with Crippen LogP contribution in [0.2, 0.25) is 0 Å². The van der Waals surface area contributed by atoms with E-state index < -0.39 is 29.7 Å². The summed E-state index contributed by atoms with van der Waals surface area (Å²) in [6, 6.07) is 32.7. The highest BCUT2D eigenvalue weighted by atomic mass is 16.3. The van der Waals surface area contributed by atoms with Crippen molar-refractivity contribution in [3.63, 3.8) is 0 Å². The quantitative estimate of drug-likeness (QED) is 0.0289. The fourth-order valence-corrected chi connectivity index (χ4v) is 9.77. The van der Waals surface area contributed by atoms with Gasteiger partial charge >= 0.3 is 0 Å². The predicted molar refractivity (Wildman–Crippen MR) is 269 cm³/mol. The van der Waals surface area contributed by atoms with E-state index in [-0.39, 0.29) is 41.9 Å². The number of unbranched alkanes of at least 4 members (excludes halogenated alkanes) is 3. The van der Waals surface area contributed by atoms with Gasteiger partial charge in [-0.3, -0.25) is 34.2 Å². The van der Waals surface area contributed by atoms with Crippen molar-refractivity contribution >= 4 is 59.4 Å². The largest absolute Gasteiger partial charge is 0.393 e. The van der Waals surface area contributed by atoms with Gasteiger partial charge in [-0.25, -0.2) is 4.58 Å². The van der Waals surface area contributed by atoms with E-state index >= 15 is 0 Å². The summed E-state index contributed by atoms with van der Waals surface area (Å²) in [5.41, 5.74) is 7.89. The molecule has 14 heteroatoms. The second-order valence-corrected chi connectivity index (χ2v) is 18.4. The van der Waals surface area contributed by atoms with Crippen LogP contribution in [0.4, 0.5) is 11.5 Å². The number of aliphatic imine (C=N–C) groups is 1. The topological polar surface area (TPSA) is 189 Å². The van der Waals surface area contributed by atoms with Crippen LogP contribution < -0.4 is 16.0 Å². The highest BCUT2D eigenvalue weighted by Gasteiger charge is 2.44. The average Bonchev–Trinajstić information content (AvgIpc) is 3.82. The molecule has 5 aromatic rings. The first-order valence-corrected chi connectivity index (χ1v) is 24.4. The van der Waals surface area contributed by atoms with E-state index in [0.29, 0.717) is 50.4 Å². The lowest BCUT2D eigenvalue weighted by molar-refractivity contribution is -0.256. The summed E-state index contributed by atoms with van der Waals surface area (Å²) in [5.74, 6) is 5.90. The Bertz CT molecular complexity index is 2960. The van der Waals surface area contributed by atoms with Crippen molar-refractivity contribution in [2.45, 2.75) is 95.7 Å². The van der Waals surface area contributed by atoms with Gasteiger partial charge in [-0.15, -0.1) is 0 Å². The minimum atomic E-state index is -1.01. The Kier molecular flexibility index (Phi) is 14.7. The summed E-state index contributed by atoms with van der Waals surface area (Å²) >= 11 is 0. The maximum atomic E-state index is 13.1. The number of anilines is 1. The van der Waals surface area contributed by atoms with Gasteiger partial charge < -0.3 is 20.3 Å². The van der Waals surface area contributed by atoms with Crippen molar-refractivity contribution < 1.29 is 33.7 Å². The zero-order valence-electron chi connectivity index (χ0n) is 39.1. The fourth-order valence-electron chi connectivity index (χ4n) is 9.77. The normalized spacial score (nSPS) is 19.1.